The number of hydrogen-bond acceptors (Lipinski definition) is 4. The highest BCUT2D eigenvalue weighted by Gasteiger charge is 2.50. The van der Waals surface area contributed by atoms with E-state index in [-0.39, 0.29) is 5.78 Å². The topological polar surface area (TPSA) is 95.6 Å². The Hall–Kier alpha value is -4.00. The highest BCUT2D eigenvalue weighted by molar-refractivity contribution is 6.11. The monoisotopic (exact) mass is 415 g/mol. The zero-order chi connectivity index (χ0) is 22.2. The molecule has 4 amide bonds. The number of carbonyl (C=O) groups is 4. The van der Waals surface area contributed by atoms with Gasteiger partial charge in [0.2, 0.25) is 5.91 Å². The molecule has 1 saturated heterocycles. The molecule has 0 aromatic heterocycles. The van der Waals surface area contributed by atoms with E-state index in [1.807, 2.05) is 36.4 Å². The standard InChI is InChI=1S/C24H21N3O4/c1-15(28)17-9-5-10-18(13-17)25-21(29)14-27-22(30)24(2,26-23(27)31)20-12-6-8-16-7-3-4-11-19(16)20/h3-13H,14H2,1-2H3,(H,25,29)(H,26,31). The summed E-state index contributed by atoms with van der Waals surface area (Å²) >= 11 is 0. The van der Waals surface area contributed by atoms with Gasteiger partial charge in [0.1, 0.15) is 12.1 Å². The molecule has 3 aromatic carbocycles. The third kappa shape index (κ3) is 3.66. The quantitative estimate of drug-likeness (QED) is 0.493. The van der Waals surface area contributed by atoms with Crippen molar-refractivity contribution in [3.63, 3.8) is 0 Å². The third-order valence-corrected chi connectivity index (χ3v) is 5.46. The number of hydrogen-bond donors (Lipinski definition) is 2. The van der Waals surface area contributed by atoms with E-state index in [1.165, 1.54) is 6.92 Å². The molecule has 7 nitrogen and oxygen atoms in total. The molecule has 1 heterocycles. The lowest BCUT2D eigenvalue weighted by atomic mass is 9.88. The van der Waals surface area contributed by atoms with Crippen LogP contribution in [0, 0.1) is 0 Å². The van der Waals surface area contributed by atoms with E-state index in [0.29, 0.717) is 16.8 Å². The van der Waals surface area contributed by atoms with Crippen molar-refractivity contribution in [3.05, 3.63) is 77.9 Å². The Balaban J connectivity index is 1.56. The van der Waals surface area contributed by atoms with Crippen LogP contribution < -0.4 is 10.6 Å². The minimum absolute atomic E-state index is 0.129. The first-order valence-corrected chi connectivity index (χ1v) is 9.83. The number of carbonyl (C=O) groups excluding carboxylic acids is 4. The number of fused-ring (bicyclic) bond motifs is 1. The van der Waals surface area contributed by atoms with Crippen molar-refractivity contribution in [1.82, 2.24) is 10.2 Å². The van der Waals surface area contributed by atoms with Crippen molar-refractivity contribution in [2.75, 3.05) is 11.9 Å². The van der Waals surface area contributed by atoms with Crippen LogP contribution >= 0.6 is 0 Å². The normalized spacial score (nSPS) is 18.2. The Labute approximate surface area is 179 Å². The Morgan fingerprint density at radius 1 is 1.00 bits per heavy atom. The molecule has 156 valence electrons. The molecule has 0 bridgehead atoms. The summed E-state index contributed by atoms with van der Waals surface area (Å²) in [6.45, 7) is 2.64. The van der Waals surface area contributed by atoms with E-state index in [9.17, 15) is 19.2 Å². The van der Waals surface area contributed by atoms with E-state index in [0.717, 1.165) is 15.7 Å². The number of ketones is 1. The molecule has 3 aromatic rings. The van der Waals surface area contributed by atoms with Gasteiger partial charge >= 0.3 is 6.03 Å². The molecule has 0 saturated carbocycles. The van der Waals surface area contributed by atoms with Crippen molar-refractivity contribution in [3.8, 4) is 0 Å². The van der Waals surface area contributed by atoms with Gasteiger partial charge in [-0.05, 0) is 42.3 Å². The van der Waals surface area contributed by atoms with Crippen LogP contribution in [-0.4, -0.2) is 35.1 Å². The molecule has 1 atom stereocenters. The minimum Gasteiger partial charge on any atom is -0.325 e. The second-order valence-corrected chi connectivity index (χ2v) is 7.66. The predicted octanol–water partition coefficient (Wildman–Crippen LogP) is 3.45. The highest BCUT2D eigenvalue weighted by atomic mass is 16.2. The van der Waals surface area contributed by atoms with E-state index < -0.39 is 29.9 Å². The zero-order valence-corrected chi connectivity index (χ0v) is 17.1. The number of benzene rings is 3. The summed E-state index contributed by atoms with van der Waals surface area (Å²) in [4.78, 5) is 50.8. The Morgan fingerprint density at radius 2 is 1.71 bits per heavy atom. The molecule has 2 N–H and O–H groups in total. The van der Waals surface area contributed by atoms with E-state index in [4.69, 9.17) is 0 Å². The first-order valence-electron chi connectivity index (χ1n) is 9.83. The smallest absolute Gasteiger partial charge is 0.325 e. The summed E-state index contributed by atoms with van der Waals surface area (Å²) in [6, 6.07) is 19.0. The maximum absolute atomic E-state index is 13.2. The third-order valence-electron chi connectivity index (χ3n) is 5.46. The van der Waals surface area contributed by atoms with Crippen molar-refractivity contribution < 1.29 is 19.2 Å². The molecule has 1 aliphatic heterocycles. The van der Waals surface area contributed by atoms with Gasteiger partial charge in [-0.3, -0.25) is 19.3 Å². The van der Waals surface area contributed by atoms with Crippen LogP contribution in [0.25, 0.3) is 10.8 Å². The average molecular weight is 415 g/mol. The largest absolute Gasteiger partial charge is 0.325 e. The van der Waals surface area contributed by atoms with Crippen LogP contribution in [0.3, 0.4) is 0 Å². The number of nitrogens with zero attached hydrogens (tertiary/aromatic N) is 1. The average Bonchev–Trinajstić information content (AvgIpc) is 2.97. The van der Waals surface area contributed by atoms with Gasteiger partial charge in [0.25, 0.3) is 5.91 Å². The molecular formula is C24H21N3O4. The fourth-order valence-corrected chi connectivity index (χ4v) is 3.84. The van der Waals surface area contributed by atoms with Gasteiger partial charge in [-0.2, -0.15) is 0 Å². The van der Waals surface area contributed by atoms with Crippen LogP contribution in [0.15, 0.2) is 66.7 Å². The summed E-state index contributed by atoms with van der Waals surface area (Å²) in [5.74, 6) is -1.16. The molecule has 1 unspecified atom stereocenters. The maximum Gasteiger partial charge on any atom is 0.325 e. The predicted molar refractivity (Wildman–Crippen MR) is 117 cm³/mol. The van der Waals surface area contributed by atoms with Crippen molar-refractivity contribution >= 4 is 40.1 Å². The fraction of sp³-hybridized carbons (Fsp3) is 0.167. The van der Waals surface area contributed by atoms with Gasteiger partial charge in [0.15, 0.2) is 5.78 Å². The van der Waals surface area contributed by atoms with Crippen molar-refractivity contribution in [1.29, 1.82) is 0 Å². The Morgan fingerprint density at radius 3 is 2.48 bits per heavy atom. The van der Waals surface area contributed by atoms with Gasteiger partial charge in [-0.15, -0.1) is 0 Å². The zero-order valence-electron chi connectivity index (χ0n) is 17.1. The molecule has 4 rings (SSSR count). The minimum atomic E-state index is -1.28. The van der Waals surface area contributed by atoms with Crippen LogP contribution in [0.2, 0.25) is 0 Å². The summed E-state index contributed by atoms with van der Waals surface area (Å²) < 4.78 is 0. The molecule has 0 spiro atoms. The second-order valence-electron chi connectivity index (χ2n) is 7.66. The van der Waals surface area contributed by atoms with Gasteiger partial charge in [-0.25, -0.2) is 4.79 Å². The number of anilines is 1. The van der Waals surface area contributed by atoms with Crippen LogP contribution in [0.4, 0.5) is 10.5 Å². The number of Topliss-reactive ketones (excluding diaryl/α,β-unsaturated/α-hetero) is 1. The molecular weight excluding hydrogens is 394 g/mol. The molecule has 7 heteroatoms. The number of urea groups is 1. The first kappa shape index (κ1) is 20.3. The van der Waals surface area contributed by atoms with Gasteiger partial charge in [0, 0.05) is 11.3 Å². The SMILES string of the molecule is CC(=O)c1cccc(NC(=O)CN2C(=O)NC(C)(c3cccc4ccccc34)C2=O)c1. The number of amides is 4. The van der Waals surface area contributed by atoms with E-state index in [1.54, 1.807) is 37.3 Å². The van der Waals surface area contributed by atoms with Crippen molar-refractivity contribution in [2.45, 2.75) is 19.4 Å². The van der Waals surface area contributed by atoms with Crippen LogP contribution in [-0.2, 0) is 15.1 Å². The lowest BCUT2D eigenvalue weighted by Crippen LogP contribution is -2.42. The van der Waals surface area contributed by atoms with Crippen molar-refractivity contribution in [2.24, 2.45) is 0 Å². The van der Waals surface area contributed by atoms with E-state index in [2.05, 4.69) is 10.6 Å². The Bertz CT molecular complexity index is 1230. The summed E-state index contributed by atoms with van der Waals surface area (Å²) in [5, 5.41) is 7.19. The Kier molecular flexibility index (Phi) is 5.02. The number of nitrogens with one attached hydrogen (secondary N) is 2. The molecule has 0 radical (unpaired) electrons. The fourth-order valence-electron chi connectivity index (χ4n) is 3.84. The summed E-state index contributed by atoms with van der Waals surface area (Å²) in [5.41, 5.74) is 0.256. The maximum atomic E-state index is 13.2. The lowest BCUT2D eigenvalue weighted by molar-refractivity contribution is -0.133. The van der Waals surface area contributed by atoms with E-state index >= 15 is 0 Å². The van der Waals surface area contributed by atoms with Gasteiger partial charge in [0.05, 0.1) is 0 Å². The van der Waals surface area contributed by atoms with Gasteiger partial charge < -0.3 is 10.6 Å². The number of rotatable bonds is 5. The first-order chi connectivity index (χ1) is 14.8. The van der Waals surface area contributed by atoms with Crippen LogP contribution in [0.5, 0.6) is 0 Å². The number of imide groups is 1. The highest BCUT2D eigenvalue weighted by Crippen LogP contribution is 2.33. The summed E-state index contributed by atoms with van der Waals surface area (Å²) in [6.07, 6.45) is 0. The molecule has 31 heavy (non-hydrogen) atoms. The summed E-state index contributed by atoms with van der Waals surface area (Å²) in [7, 11) is 0. The molecule has 1 aliphatic rings. The van der Waals surface area contributed by atoms with Crippen LogP contribution in [0.1, 0.15) is 29.8 Å². The second kappa shape index (κ2) is 7.68. The van der Waals surface area contributed by atoms with Gasteiger partial charge in [-0.1, -0.05) is 54.6 Å². The molecule has 0 aliphatic carbocycles. The lowest BCUT2D eigenvalue weighted by Gasteiger charge is -2.24. The molecule has 1 fully saturated rings.